The van der Waals surface area contributed by atoms with Gasteiger partial charge in [-0.05, 0) is 18.9 Å². The van der Waals surface area contributed by atoms with E-state index < -0.39 is 10.0 Å². The second-order valence-electron chi connectivity index (χ2n) is 4.65. The number of carbonyl (C=O) groups is 1. The fourth-order valence-corrected chi connectivity index (χ4v) is 2.81. The molecule has 0 atom stereocenters. The second-order valence-corrected chi connectivity index (χ2v) is 6.21. The zero-order valence-corrected chi connectivity index (χ0v) is 11.0. The van der Waals surface area contributed by atoms with E-state index in [9.17, 15) is 13.2 Å². The van der Waals surface area contributed by atoms with Gasteiger partial charge in [0.15, 0.2) is 0 Å². The fourth-order valence-electron chi connectivity index (χ4n) is 2.31. The summed E-state index contributed by atoms with van der Waals surface area (Å²) in [7, 11) is -2.02. The van der Waals surface area contributed by atoms with Gasteiger partial charge in [0.25, 0.3) is 5.91 Å². The maximum atomic E-state index is 12.1. The molecule has 0 aromatic carbocycles. The number of amides is 1. The van der Waals surface area contributed by atoms with Crippen LogP contribution in [0.4, 0.5) is 0 Å². The summed E-state index contributed by atoms with van der Waals surface area (Å²) >= 11 is 0. The number of primary sulfonamides is 1. The molecule has 0 saturated heterocycles. The molecule has 2 rings (SSSR count). The first-order chi connectivity index (χ1) is 8.39. The van der Waals surface area contributed by atoms with E-state index in [0.717, 1.165) is 25.7 Å². The minimum Gasteiger partial charge on any atom is -0.356 e. The first-order valence-corrected chi connectivity index (χ1v) is 7.42. The lowest BCUT2D eigenvalue weighted by molar-refractivity contribution is 0.0730. The Bertz CT molecular complexity index is 544. The Balaban J connectivity index is 2.16. The van der Waals surface area contributed by atoms with Crippen LogP contribution in [0.3, 0.4) is 0 Å². The van der Waals surface area contributed by atoms with E-state index in [1.165, 1.54) is 12.3 Å². The summed E-state index contributed by atoms with van der Waals surface area (Å²) in [5, 5.41) is 5.00. The van der Waals surface area contributed by atoms with Crippen molar-refractivity contribution in [3.63, 3.8) is 0 Å². The Morgan fingerprint density at radius 2 is 2.06 bits per heavy atom. The van der Waals surface area contributed by atoms with E-state index in [1.54, 1.807) is 11.9 Å². The number of H-pyrrole nitrogens is 1. The van der Waals surface area contributed by atoms with Crippen molar-refractivity contribution < 1.29 is 13.2 Å². The van der Waals surface area contributed by atoms with Crippen molar-refractivity contribution in [3.8, 4) is 0 Å². The molecule has 0 spiro atoms. The van der Waals surface area contributed by atoms with Crippen LogP contribution in [0, 0.1) is 0 Å². The van der Waals surface area contributed by atoms with Crippen LogP contribution in [0.15, 0.2) is 17.2 Å². The molecular formula is C11H17N3O3S. The summed E-state index contributed by atoms with van der Waals surface area (Å²) in [6.07, 6.45) is 5.52. The van der Waals surface area contributed by atoms with E-state index in [0.29, 0.717) is 0 Å². The number of nitrogens with zero attached hydrogens (tertiary/aromatic N) is 1. The van der Waals surface area contributed by atoms with Crippen LogP contribution in [0.1, 0.15) is 36.2 Å². The highest BCUT2D eigenvalue weighted by atomic mass is 32.2. The molecule has 1 aliphatic carbocycles. The van der Waals surface area contributed by atoms with Crippen molar-refractivity contribution in [2.75, 3.05) is 7.05 Å². The lowest BCUT2D eigenvalue weighted by Gasteiger charge is -2.23. The number of nitrogens with two attached hydrogens (primary N) is 1. The van der Waals surface area contributed by atoms with E-state index in [4.69, 9.17) is 5.14 Å². The predicted octanol–water partition coefficient (Wildman–Crippen LogP) is 0.677. The summed E-state index contributed by atoms with van der Waals surface area (Å²) in [5.74, 6) is -0.197. The van der Waals surface area contributed by atoms with Gasteiger partial charge in [-0.2, -0.15) is 0 Å². The maximum Gasteiger partial charge on any atom is 0.270 e. The molecule has 1 aromatic heterocycles. The van der Waals surface area contributed by atoms with Crippen molar-refractivity contribution in [1.29, 1.82) is 0 Å². The smallest absolute Gasteiger partial charge is 0.270 e. The maximum absolute atomic E-state index is 12.1. The molecule has 1 aliphatic rings. The monoisotopic (exact) mass is 271 g/mol. The van der Waals surface area contributed by atoms with E-state index >= 15 is 0 Å². The van der Waals surface area contributed by atoms with Crippen LogP contribution in [0.5, 0.6) is 0 Å². The van der Waals surface area contributed by atoms with Gasteiger partial charge in [-0.1, -0.05) is 12.8 Å². The third-order valence-electron chi connectivity index (χ3n) is 3.41. The molecule has 7 heteroatoms. The van der Waals surface area contributed by atoms with Gasteiger partial charge in [0, 0.05) is 19.3 Å². The molecule has 1 saturated carbocycles. The number of sulfonamides is 1. The number of carbonyl (C=O) groups excluding carboxylic acids is 1. The van der Waals surface area contributed by atoms with Gasteiger partial charge >= 0.3 is 0 Å². The Morgan fingerprint density at radius 3 is 2.56 bits per heavy atom. The molecule has 1 aromatic rings. The van der Waals surface area contributed by atoms with Crippen LogP contribution < -0.4 is 5.14 Å². The van der Waals surface area contributed by atoms with Crippen molar-refractivity contribution in [2.45, 2.75) is 36.6 Å². The van der Waals surface area contributed by atoms with E-state index in [2.05, 4.69) is 4.98 Å². The summed E-state index contributed by atoms with van der Waals surface area (Å²) in [6.45, 7) is 0. The van der Waals surface area contributed by atoms with Crippen molar-refractivity contribution >= 4 is 15.9 Å². The largest absolute Gasteiger partial charge is 0.356 e. The molecule has 100 valence electrons. The van der Waals surface area contributed by atoms with Crippen LogP contribution in [0.25, 0.3) is 0 Å². The quantitative estimate of drug-likeness (QED) is 0.846. The van der Waals surface area contributed by atoms with Gasteiger partial charge in [0.1, 0.15) is 5.69 Å². The molecule has 6 nitrogen and oxygen atoms in total. The number of aromatic nitrogens is 1. The van der Waals surface area contributed by atoms with E-state index in [1.807, 2.05) is 0 Å². The second kappa shape index (κ2) is 4.74. The van der Waals surface area contributed by atoms with Crippen molar-refractivity contribution in [2.24, 2.45) is 5.14 Å². The molecule has 18 heavy (non-hydrogen) atoms. The van der Waals surface area contributed by atoms with Gasteiger partial charge < -0.3 is 9.88 Å². The van der Waals surface area contributed by atoms with Gasteiger partial charge in [-0.3, -0.25) is 4.79 Å². The average Bonchev–Trinajstić information content (AvgIpc) is 2.96. The number of hydrogen-bond acceptors (Lipinski definition) is 3. The van der Waals surface area contributed by atoms with E-state index in [-0.39, 0.29) is 22.5 Å². The minimum absolute atomic E-state index is 0.0642. The fraction of sp³-hybridized carbons (Fsp3) is 0.545. The molecule has 1 fully saturated rings. The Hall–Kier alpha value is -1.34. The summed E-state index contributed by atoms with van der Waals surface area (Å²) in [4.78, 5) is 16.4. The third-order valence-corrected chi connectivity index (χ3v) is 4.30. The molecular weight excluding hydrogens is 254 g/mol. The SMILES string of the molecule is CN(C(=O)c1cc(S(N)(=O)=O)c[nH]1)C1CCCC1. The van der Waals surface area contributed by atoms with Gasteiger partial charge in [0.05, 0.1) is 4.90 Å². The van der Waals surface area contributed by atoms with Crippen molar-refractivity contribution in [1.82, 2.24) is 9.88 Å². The molecule has 1 heterocycles. The Morgan fingerprint density at radius 1 is 1.44 bits per heavy atom. The van der Waals surface area contributed by atoms with Crippen LogP contribution in [-0.4, -0.2) is 37.3 Å². The number of aromatic amines is 1. The van der Waals surface area contributed by atoms with Crippen molar-refractivity contribution in [3.05, 3.63) is 18.0 Å². The zero-order chi connectivity index (χ0) is 13.3. The standard InChI is InChI=1S/C11H17N3O3S/c1-14(8-4-2-3-5-8)11(15)10-6-9(7-13-10)18(12,16)17/h6-8,13H,2-5H2,1H3,(H2,12,16,17). The highest BCUT2D eigenvalue weighted by Crippen LogP contribution is 2.23. The van der Waals surface area contributed by atoms with Crippen LogP contribution in [-0.2, 0) is 10.0 Å². The number of hydrogen-bond donors (Lipinski definition) is 2. The highest BCUT2D eigenvalue weighted by Gasteiger charge is 2.25. The first-order valence-electron chi connectivity index (χ1n) is 5.88. The topological polar surface area (TPSA) is 96.3 Å². The summed E-state index contributed by atoms with van der Waals surface area (Å²) < 4.78 is 22.3. The average molecular weight is 271 g/mol. The molecule has 1 amide bonds. The lowest BCUT2D eigenvalue weighted by atomic mass is 10.2. The first kappa shape index (κ1) is 13.1. The summed E-state index contributed by atoms with van der Waals surface area (Å²) in [6, 6.07) is 1.53. The van der Waals surface area contributed by atoms with Crippen LogP contribution in [0.2, 0.25) is 0 Å². The Labute approximate surface area is 106 Å². The third kappa shape index (κ3) is 2.56. The summed E-state index contributed by atoms with van der Waals surface area (Å²) in [5.41, 5.74) is 0.258. The number of rotatable bonds is 3. The molecule has 0 aliphatic heterocycles. The Kier molecular flexibility index (Phi) is 3.45. The molecule has 3 N–H and O–H groups in total. The van der Waals surface area contributed by atoms with Gasteiger partial charge in [-0.25, -0.2) is 13.6 Å². The lowest BCUT2D eigenvalue weighted by Crippen LogP contribution is -2.35. The normalized spacial score (nSPS) is 17.0. The van der Waals surface area contributed by atoms with Gasteiger partial charge in [-0.15, -0.1) is 0 Å². The highest BCUT2D eigenvalue weighted by molar-refractivity contribution is 7.89. The molecule has 0 bridgehead atoms. The number of nitrogens with one attached hydrogen (secondary N) is 1. The van der Waals surface area contributed by atoms with Crippen LogP contribution >= 0.6 is 0 Å². The molecule has 0 unspecified atom stereocenters. The predicted molar refractivity (Wildman–Crippen MR) is 66.5 cm³/mol. The zero-order valence-electron chi connectivity index (χ0n) is 10.2. The molecule has 0 radical (unpaired) electrons. The van der Waals surface area contributed by atoms with Gasteiger partial charge in [0.2, 0.25) is 10.0 Å². The minimum atomic E-state index is -3.76.